The van der Waals surface area contributed by atoms with Crippen LogP contribution in [-0.2, 0) is 4.79 Å². The van der Waals surface area contributed by atoms with Gasteiger partial charge in [0.25, 0.3) is 0 Å². The van der Waals surface area contributed by atoms with Crippen molar-refractivity contribution in [2.75, 3.05) is 26.2 Å². The summed E-state index contributed by atoms with van der Waals surface area (Å²) in [6.07, 6.45) is 4.80. The first-order chi connectivity index (χ1) is 9.24. The SMILES string of the molecule is Cc1ccccc1/C=C/C(=O)N1CCN2CCC1C2. The van der Waals surface area contributed by atoms with Crippen LogP contribution in [0, 0.1) is 6.92 Å². The minimum atomic E-state index is 0.162. The van der Waals surface area contributed by atoms with Crippen LogP contribution in [0.2, 0.25) is 0 Å². The molecule has 100 valence electrons. The van der Waals surface area contributed by atoms with Crippen molar-refractivity contribution in [2.24, 2.45) is 0 Å². The molecular weight excluding hydrogens is 236 g/mol. The normalized spacial score (nSPS) is 26.1. The molecule has 2 atom stereocenters. The van der Waals surface area contributed by atoms with Gasteiger partial charge in [-0.25, -0.2) is 0 Å². The molecule has 3 heteroatoms. The molecule has 0 aromatic heterocycles. The summed E-state index contributed by atoms with van der Waals surface area (Å²) in [6.45, 7) is 6.18. The van der Waals surface area contributed by atoms with Crippen molar-refractivity contribution in [3.8, 4) is 0 Å². The summed E-state index contributed by atoms with van der Waals surface area (Å²) in [5, 5.41) is 0. The molecule has 0 radical (unpaired) electrons. The molecule has 19 heavy (non-hydrogen) atoms. The fourth-order valence-electron chi connectivity index (χ4n) is 3.02. The van der Waals surface area contributed by atoms with Gasteiger partial charge in [-0.05, 0) is 30.5 Å². The molecule has 2 aliphatic rings. The Balaban J connectivity index is 1.69. The van der Waals surface area contributed by atoms with E-state index in [1.165, 1.54) is 5.56 Å². The molecule has 0 saturated carbocycles. The number of hydrogen-bond donors (Lipinski definition) is 0. The molecular formula is C16H20N2O. The predicted octanol–water partition coefficient (Wildman–Crippen LogP) is 1.92. The van der Waals surface area contributed by atoms with Crippen molar-refractivity contribution in [3.05, 3.63) is 41.5 Å². The molecule has 2 aliphatic heterocycles. The van der Waals surface area contributed by atoms with E-state index in [1.807, 2.05) is 29.2 Å². The topological polar surface area (TPSA) is 23.6 Å². The quantitative estimate of drug-likeness (QED) is 0.755. The van der Waals surface area contributed by atoms with E-state index in [4.69, 9.17) is 0 Å². The van der Waals surface area contributed by atoms with Crippen LogP contribution in [-0.4, -0.2) is 47.9 Å². The van der Waals surface area contributed by atoms with Gasteiger partial charge >= 0.3 is 0 Å². The van der Waals surface area contributed by atoms with E-state index in [1.54, 1.807) is 6.08 Å². The fraction of sp³-hybridized carbons (Fsp3) is 0.438. The Morgan fingerprint density at radius 1 is 1.26 bits per heavy atom. The summed E-state index contributed by atoms with van der Waals surface area (Å²) < 4.78 is 0. The van der Waals surface area contributed by atoms with Gasteiger partial charge in [-0.2, -0.15) is 0 Å². The van der Waals surface area contributed by atoms with Gasteiger partial charge in [0.15, 0.2) is 0 Å². The molecule has 3 rings (SSSR count). The highest BCUT2D eigenvalue weighted by Gasteiger charge is 2.34. The van der Waals surface area contributed by atoms with Crippen LogP contribution in [0.1, 0.15) is 17.5 Å². The summed E-state index contributed by atoms with van der Waals surface area (Å²) in [5.74, 6) is 0.162. The number of fused-ring (bicyclic) bond motifs is 2. The monoisotopic (exact) mass is 256 g/mol. The first kappa shape index (κ1) is 12.4. The average Bonchev–Trinajstić information content (AvgIpc) is 2.79. The van der Waals surface area contributed by atoms with Gasteiger partial charge in [-0.15, -0.1) is 0 Å². The Kier molecular flexibility index (Phi) is 3.38. The smallest absolute Gasteiger partial charge is 0.246 e. The zero-order valence-corrected chi connectivity index (χ0v) is 11.4. The third-order valence-electron chi connectivity index (χ3n) is 4.22. The molecule has 1 aromatic carbocycles. The number of carbonyl (C=O) groups is 1. The maximum Gasteiger partial charge on any atom is 0.246 e. The maximum atomic E-state index is 12.3. The van der Waals surface area contributed by atoms with E-state index < -0.39 is 0 Å². The van der Waals surface area contributed by atoms with Crippen LogP contribution >= 0.6 is 0 Å². The van der Waals surface area contributed by atoms with E-state index >= 15 is 0 Å². The van der Waals surface area contributed by atoms with Crippen molar-refractivity contribution in [1.82, 2.24) is 9.80 Å². The molecule has 2 bridgehead atoms. The molecule has 2 saturated heterocycles. The van der Waals surface area contributed by atoms with Gasteiger partial charge in [-0.1, -0.05) is 24.3 Å². The van der Waals surface area contributed by atoms with Crippen LogP contribution < -0.4 is 0 Å². The lowest BCUT2D eigenvalue weighted by atomic mass is 10.1. The van der Waals surface area contributed by atoms with E-state index in [9.17, 15) is 4.79 Å². The van der Waals surface area contributed by atoms with Gasteiger partial charge < -0.3 is 4.90 Å². The Bertz CT molecular complexity index is 509. The number of rotatable bonds is 2. The summed E-state index contributed by atoms with van der Waals surface area (Å²) in [7, 11) is 0. The molecule has 3 nitrogen and oxygen atoms in total. The zero-order chi connectivity index (χ0) is 13.2. The van der Waals surface area contributed by atoms with Crippen molar-refractivity contribution in [2.45, 2.75) is 19.4 Å². The second-order valence-electron chi connectivity index (χ2n) is 5.46. The third kappa shape index (κ3) is 2.56. The number of amides is 1. The average molecular weight is 256 g/mol. The molecule has 0 spiro atoms. The fourth-order valence-corrected chi connectivity index (χ4v) is 3.02. The second kappa shape index (κ2) is 5.17. The largest absolute Gasteiger partial charge is 0.334 e. The second-order valence-corrected chi connectivity index (χ2v) is 5.46. The Morgan fingerprint density at radius 2 is 2.11 bits per heavy atom. The Hall–Kier alpha value is -1.61. The molecule has 2 unspecified atom stereocenters. The number of carbonyl (C=O) groups excluding carboxylic acids is 1. The van der Waals surface area contributed by atoms with Crippen LogP contribution in [0.3, 0.4) is 0 Å². The lowest BCUT2D eigenvalue weighted by molar-refractivity contribution is -0.129. The van der Waals surface area contributed by atoms with Crippen molar-refractivity contribution in [1.29, 1.82) is 0 Å². The van der Waals surface area contributed by atoms with Crippen LogP contribution in [0.15, 0.2) is 30.3 Å². The minimum Gasteiger partial charge on any atom is -0.334 e. The number of nitrogens with zero attached hydrogens (tertiary/aromatic N) is 2. The summed E-state index contributed by atoms with van der Waals surface area (Å²) in [6, 6.07) is 8.58. The highest BCUT2D eigenvalue weighted by Crippen LogP contribution is 2.21. The molecule has 0 N–H and O–H groups in total. The third-order valence-corrected chi connectivity index (χ3v) is 4.22. The van der Waals surface area contributed by atoms with Gasteiger partial charge in [0.1, 0.15) is 0 Å². The number of piperazine rings is 1. The van der Waals surface area contributed by atoms with E-state index in [0.717, 1.165) is 38.2 Å². The lowest BCUT2D eigenvalue weighted by Crippen LogP contribution is -2.48. The number of hydrogen-bond acceptors (Lipinski definition) is 2. The van der Waals surface area contributed by atoms with Gasteiger partial charge in [0.2, 0.25) is 5.91 Å². The van der Waals surface area contributed by atoms with E-state index in [-0.39, 0.29) is 5.91 Å². The first-order valence-corrected chi connectivity index (χ1v) is 7.01. The standard InChI is InChI=1S/C16H20N2O/c1-13-4-2-3-5-14(13)6-7-16(19)18-11-10-17-9-8-15(18)12-17/h2-7,15H,8-12H2,1H3/b7-6+. The Labute approximate surface area is 114 Å². The van der Waals surface area contributed by atoms with Crippen molar-refractivity contribution in [3.63, 3.8) is 0 Å². The maximum absolute atomic E-state index is 12.3. The van der Waals surface area contributed by atoms with Gasteiger partial charge in [-0.3, -0.25) is 9.69 Å². The molecule has 1 aromatic rings. The zero-order valence-electron chi connectivity index (χ0n) is 11.4. The summed E-state index contributed by atoms with van der Waals surface area (Å²) in [4.78, 5) is 16.8. The Morgan fingerprint density at radius 3 is 2.95 bits per heavy atom. The highest BCUT2D eigenvalue weighted by atomic mass is 16.2. The molecule has 2 heterocycles. The number of benzene rings is 1. The van der Waals surface area contributed by atoms with Crippen LogP contribution in [0.25, 0.3) is 6.08 Å². The van der Waals surface area contributed by atoms with Gasteiger partial charge in [0, 0.05) is 38.3 Å². The van der Waals surface area contributed by atoms with Crippen molar-refractivity contribution < 1.29 is 4.79 Å². The van der Waals surface area contributed by atoms with E-state index in [2.05, 4.69) is 17.9 Å². The van der Waals surface area contributed by atoms with E-state index in [0.29, 0.717) is 6.04 Å². The number of aryl methyl sites for hydroxylation is 1. The molecule has 1 amide bonds. The lowest BCUT2D eigenvalue weighted by Gasteiger charge is -2.33. The van der Waals surface area contributed by atoms with Crippen LogP contribution in [0.4, 0.5) is 0 Å². The highest BCUT2D eigenvalue weighted by molar-refractivity contribution is 5.92. The van der Waals surface area contributed by atoms with Gasteiger partial charge in [0.05, 0.1) is 0 Å². The molecule has 0 aliphatic carbocycles. The molecule has 2 fully saturated rings. The van der Waals surface area contributed by atoms with Crippen molar-refractivity contribution >= 4 is 12.0 Å². The first-order valence-electron chi connectivity index (χ1n) is 7.01. The minimum absolute atomic E-state index is 0.162. The summed E-state index contributed by atoms with van der Waals surface area (Å²) >= 11 is 0. The predicted molar refractivity (Wildman–Crippen MR) is 76.8 cm³/mol. The summed E-state index contributed by atoms with van der Waals surface area (Å²) in [5.41, 5.74) is 2.33. The van der Waals surface area contributed by atoms with Crippen LogP contribution in [0.5, 0.6) is 0 Å².